The number of nitrogens with one attached hydrogen (secondary N) is 1. The fourth-order valence-corrected chi connectivity index (χ4v) is 3.44. The predicted octanol–water partition coefficient (Wildman–Crippen LogP) is 1.89. The molecule has 1 aromatic carbocycles. The number of hydrogen-bond acceptors (Lipinski definition) is 8. The Morgan fingerprint density at radius 3 is 2.81 bits per heavy atom. The first-order valence-corrected chi connectivity index (χ1v) is 9.44. The van der Waals surface area contributed by atoms with Gasteiger partial charge in [-0.2, -0.15) is 10.1 Å². The number of likely N-dealkylation sites (tertiary alicyclic amines) is 1. The average molecular weight is 370 g/mol. The summed E-state index contributed by atoms with van der Waals surface area (Å²) in [6, 6.07) is 7.67. The van der Waals surface area contributed by atoms with Crippen molar-refractivity contribution in [2.45, 2.75) is 19.4 Å². The third-order valence-corrected chi connectivity index (χ3v) is 5.00. The van der Waals surface area contributed by atoms with E-state index in [0.29, 0.717) is 29.2 Å². The maximum Gasteiger partial charge on any atom is 0.241 e. The lowest BCUT2D eigenvalue weighted by atomic mass is 10.1. The number of thioether (sulfide) groups is 1. The smallest absolute Gasteiger partial charge is 0.241 e. The highest BCUT2D eigenvalue weighted by Crippen LogP contribution is 2.18. The molecule has 0 atom stereocenters. The monoisotopic (exact) mass is 370 g/mol. The van der Waals surface area contributed by atoms with Crippen molar-refractivity contribution in [1.29, 1.82) is 0 Å². The van der Waals surface area contributed by atoms with Crippen LogP contribution in [0, 0.1) is 0 Å². The fraction of sp³-hybridized carbons (Fsp3) is 0.353. The van der Waals surface area contributed by atoms with Crippen LogP contribution in [0.15, 0.2) is 39.0 Å². The largest absolute Gasteiger partial charge is 0.338 e. The van der Waals surface area contributed by atoms with Crippen molar-refractivity contribution < 1.29 is 9.32 Å². The molecule has 0 radical (unpaired) electrons. The van der Waals surface area contributed by atoms with E-state index in [1.54, 1.807) is 6.21 Å². The first-order chi connectivity index (χ1) is 12.8. The van der Waals surface area contributed by atoms with Gasteiger partial charge in [0.15, 0.2) is 5.17 Å². The number of aromatic nitrogens is 2. The van der Waals surface area contributed by atoms with Crippen molar-refractivity contribution in [3.05, 3.63) is 35.7 Å². The molecular weight excluding hydrogens is 352 g/mol. The number of benzene rings is 1. The van der Waals surface area contributed by atoms with E-state index in [-0.39, 0.29) is 5.91 Å². The molecule has 2 aliphatic rings. The number of rotatable bonds is 5. The summed E-state index contributed by atoms with van der Waals surface area (Å²) in [4.78, 5) is 17.9. The van der Waals surface area contributed by atoms with Crippen molar-refractivity contribution in [2.75, 3.05) is 18.8 Å². The van der Waals surface area contributed by atoms with Crippen molar-refractivity contribution in [3.63, 3.8) is 0 Å². The Balaban J connectivity index is 1.38. The van der Waals surface area contributed by atoms with Crippen molar-refractivity contribution >= 4 is 29.1 Å². The van der Waals surface area contributed by atoms with Gasteiger partial charge in [-0.25, -0.2) is 0 Å². The summed E-state index contributed by atoms with van der Waals surface area (Å²) in [5.74, 6) is 1.60. The minimum atomic E-state index is -0.0440. The van der Waals surface area contributed by atoms with Crippen LogP contribution in [0.3, 0.4) is 0 Å². The summed E-state index contributed by atoms with van der Waals surface area (Å²) < 4.78 is 5.36. The lowest BCUT2D eigenvalue weighted by Crippen LogP contribution is -2.19. The number of amidine groups is 1. The lowest BCUT2D eigenvalue weighted by Gasteiger charge is -2.09. The van der Waals surface area contributed by atoms with E-state index in [9.17, 15) is 4.79 Å². The summed E-state index contributed by atoms with van der Waals surface area (Å²) in [6.45, 7) is 2.91. The normalized spacial score (nSPS) is 19.7. The van der Waals surface area contributed by atoms with Crippen LogP contribution in [0.25, 0.3) is 11.4 Å². The van der Waals surface area contributed by atoms with E-state index in [4.69, 9.17) is 4.52 Å². The molecule has 2 fully saturated rings. The zero-order valence-electron chi connectivity index (χ0n) is 14.1. The molecule has 3 heterocycles. The topological polar surface area (TPSA) is 96.0 Å². The first kappa shape index (κ1) is 16.9. The highest BCUT2D eigenvalue weighted by Gasteiger charge is 2.17. The van der Waals surface area contributed by atoms with E-state index in [1.807, 2.05) is 24.3 Å². The summed E-state index contributed by atoms with van der Waals surface area (Å²) in [5, 5.41) is 15.2. The van der Waals surface area contributed by atoms with Crippen LogP contribution in [-0.4, -0.2) is 51.2 Å². The van der Waals surface area contributed by atoms with Gasteiger partial charge in [-0.05, 0) is 31.5 Å². The van der Waals surface area contributed by atoms with Gasteiger partial charge in [-0.3, -0.25) is 9.69 Å². The van der Waals surface area contributed by atoms with E-state index in [1.165, 1.54) is 24.6 Å². The molecule has 8 nitrogen and oxygen atoms in total. The molecule has 0 bridgehead atoms. The minimum absolute atomic E-state index is 0.0440. The molecule has 26 heavy (non-hydrogen) atoms. The van der Waals surface area contributed by atoms with Gasteiger partial charge in [0, 0.05) is 5.56 Å². The van der Waals surface area contributed by atoms with Crippen molar-refractivity contribution in [2.24, 2.45) is 10.2 Å². The standard InChI is InChI=1S/C17H18N6O2S/c24-14-11-26-17(19-14)21-18-9-12-3-5-13(6-4-12)16-20-15(25-22-16)10-23-7-1-2-8-23/h3-6,9H,1-2,7-8,10-11H2,(H,19,21,24). The Bertz CT molecular complexity index is 839. The minimum Gasteiger partial charge on any atom is -0.338 e. The van der Waals surface area contributed by atoms with Crippen molar-refractivity contribution in [1.82, 2.24) is 20.4 Å². The highest BCUT2D eigenvalue weighted by atomic mass is 32.2. The second-order valence-electron chi connectivity index (χ2n) is 6.10. The van der Waals surface area contributed by atoms with Gasteiger partial charge in [0.05, 0.1) is 18.5 Å². The van der Waals surface area contributed by atoms with Crippen LogP contribution in [0.2, 0.25) is 0 Å². The molecule has 1 N–H and O–H groups in total. The van der Waals surface area contributed by atoms with E-state index in [0.717, 1.165) is 24.2 Å². The van der Waals surface area contributed by atoms with Crippen LogP contribution in [0.5, 0.6) is 0 Å². The molecule has 1 aromatic heterocycles. The number of carbonyl (C=O) groups excluding carboxylic acids is 1. The zero-order chi connectivity index (χ0) is 17.8. The highest BCUT2D eigenvalue weighted by molar-refractivity contribution is 8.15. The Labute approximate surface area is 154 Å². The molecule has 134 valence electrons. The fourth-order valence-electron chi connectivity index (χ4n) is 2.81. The van der Waals surface area contributed by atoms with E-state index < -0.39 is 0 Å². The molecular formula is C17H18N6O2S. The molecule has 9 heteroatoms. The Hall–Kier alpha value is -2.52. The van der Waals surface area contributed by atoms with Gasteiger partial charge in [-0.15, -0.1) is 5.10 Å². The summed E-state index contributed by atoms with van der Waals surface area (Å²) in [6.07, 6.45) is 4.11. The average Bonchev–Trinajstić information content (AvgIpc) is 3.39. The summed E-state index contributed by atoms with van der Waals surface area (Å²) in [7, 11) is 0. The van der Waals surface area contributed by atoms with Crippen LogP contribution in [-0.2, 0) is 11.3 Å². The summed E-state index contributed by atoms with van der Waals surface area (Å²) >= 11 is 1.34. The molecule has 0 aliphatic carbocycles. The Morgan fingerprint density at radius 1 is 1.27 bits per heavy atom. The number of hydrogen-bond donors (Lipinski definition) is 1. The SMILES string of the molecule is O=C1CSC(=NN=Cc2ccc(-c3noc(CN4CCCC4)n3)cc2)N1. The zero-order valence-corrected chi connectivity index (χ0v) is 14.9. The molecule has 2 aromatic rings. The van der Waals surface area contributed by atoms with Gasteiger partial charge in [-0.1, -0.05) is 41.2 Å². The van der Waals surface area contributed by atoms with E-state index >= 15 is 0 Å². The summed E-state index contributed by atoms with van der Waals surface area (Å²) in [5.41, 5.74) is 1.79. The third-order valence-electron chi connectivity index (χ3n) is 4.14. The second kappa shape index (κ2) is 7.79. The predicted molar refractivity (Wildman–Crippen MR) is 99.9 cm³/mol. The van der Waals surface area contributed by atoms with Crippen LogP contribution in [0.4, 0.5) is 0 Å². The number of nitrogens with zero attached hydrogens (tertiary/aromatic N) is 5. The van der Waals surface area contributed by atoms with Crippen molar-refractivity contribution in [3.8, 4) is 11.4 Å². The van der Waals surface area contributed by atoms with Gasteiger partial charge in [0.2, 0.25) is 17.6 Å². The third kappa shape index (κ3) is 4.17. The van der Waals surface area contributed by atoms with Crippen LogP contribution < -0.4 is 5.32 Å². The van der Waals surface area contributed by atoms with Gasteiger partial charge in [0.25, 0.3) is 0 Å². The molecule has 0 spiro atoms. The van der Waals surface area contributed by atoms with Crippen LogP contribution in [0.1, 0.15) is 24.3 Å². The molecule has 0 unspecified atom stereocenters. The van der Waals surface area contributed by atoms with Crippen LogP contribution >= 0.6 is 11.8 Å². The van der Waals surface area contributed by atoms with Gasteiger partial charge in [0.1, 0.15) is 0 Å². The maximum atomic E-state index is 11.1. The molecule has 4 rings (SSSR count). The molecule has 2 aliphatic heterocycles. The molecule has 2 saturated heterocycles. The van der Waals surface area contributed by atoms with Gasteiger partial charge >= 0.3 is 0 Å². The maximum absolute atomic E-state index is 11.1. The second-order valence-corrected chi connectivity index (χ2v) is 7.07. The molecule has 1 amide bonds. The number of amides is 1. The quantitative estimate of drug-likeness (QED) is 0.638. The number of carbonyl (C=O) groups is 1. The first-order valence-electron chi connectivity index (χ1n) is 8.45. The van der Waals surface area contributed by atoms with Gasteiger partial charge < -0.3 is 9.84 Å². The lowest BCUT2D eigenvalue weighted by molar-refractivity contribution is -0.116. The Morgan fingerprint density at radius 2 is 2.08 bits per heavy atom. The van der Waals surface area contributed by atoms with E-state index in [2.05, 4.69) is 30.6 Å². The Kier molecular flexibility index (Phi) is 5.07. The molecule has 0 saturated carbocycles.